The van der Waals surface area contributed by atoms with E-state index < -0.39 is 0 Å². The number of benzene rings is 2. The van der Waals surface area contributed by atoms with Crippen LogP contribution in [0.5, 0.6) is 11.5 Å². The maximum Gasteiger partial charge on any atom is 0.258 e. The number of hydrogen-bond acceptors (Lipinski definition) is 7. The van der Waals surface area contributed by atoms with Crippen LogP contribution in [0.2, 0.25) is 0 Å². The molecule has 1 amide bonds. The third kappa shape index (κ3) is 6.30. The number of aryl methyl sites for hydroxylation is 1. The van der Waals surface area contributed by atoms with Crippen LogP contribution >= 0.6 is 27.3 Å². The molecule has 0 aliphatic heterocycles. The molecule has 1 heterocycles. The first-order valence-corrected chi connectivity index (χ1v) is 10.7. The Morgan fingerprint density at radius 3 is 2.77 bits per heavy atom. The van der Waals surface area contributed by atoms with Crippen molar-refractivity contribution in [2.24, 2.45) is 5.10 Å². The van der Waals surface area contributed by atoms with Crippen molar-refractivity contribution in [1.29, 1.82) is 0 Å². The smallest absolute Gasteiger partial charge is 0.258 e. The summed E-state index contributed by atoms with van der Waals surface area (Å²) in [5.41, 5.74) is 5.64. The van der Waals surface area contributed by atoms with E-state index in [0.29, 0.717) is 23.2 Å². The van der Waals surface area contributed by atoms with Gasteiger partial charge in [0, 0.05) is 22.0 Å². The molecular formula is C21H21BrN4O3S. The minimum Gasteiger partial charge on any atom is -0.493 e. The molecule has 9 heteroatoms. The van der Waals surface area contributed by atoms with E-state index in [0.717, 1.165) is 21.3 Å². The van der Waals surface area contributed by atoms with E-state index in [2.05, 4.69) is 36.8 Å². The predicted molar refractivity (Wildman–Crippen MR) is 123 cm³/mol. The third-order valence-corrected chi connectivity index (χ3v) is 5.51. The molecule has 0 bridgehead atoms. The number of nitrogens with one attached hydrogen (secondary N) is 2. The number of anilines is 1. The number of nitrogens with zero attached hydrogens (tertiary/aromatic N) is 2. The summed E-state index contributed by atoms with van der Waals surface area (Å²) >= 11 is 4.98. The molecule has 7 nitrogen and oxygen atoms in total. The average Bonchev–Trinajstić information content (AvgIpc) is 3.17. The number of hydrazone groups is 1. The van der Waals surface area contributed by atoms with Crippen molar-refractivity contribution in [2.45, 2.75) is 13.5 Å². The lowest BCUT2D eigenvalue weighted by Gasteiger charge is -2.13. The summed E-state index contributed by atoms with van der Waals surface area (Å²) < 4.78 is 11.8. The quantitative estimate of drug-likeness (QED) is 0.345. The summed E-state index contributed by atoms with van der Waals surface area (Å²) in [7, 11) is 1.54. The molecule has 0 spiro atoms. The SMILES string of the molecule is COc1cc(C=NNc2nc(C)cs2)c(Br)cc1OCC(=O)NCc1ccccc1. The number of amides is 1. The van der Waals surface area contributed by atoms with Crippen molar-refractivity contribution < 1.29 is 14.3 Å². The topological polar surface area (TPSA) is 84.8 Å². The van der Waals surface area contributed by atoms with Gasteiger partial charge < -0.3 is 14.8 Å². The molecule has 2 aromatic carbocycles. The van der Waals surface area contributed by atoms with Crippen LogP contribution in [0.3, 0.4) is 0 Å². The highest BCUT2D eigenvalue weighted by atomic mass is 79.9. The first-order chi connectivity index (χ1) is 14.5. The third-order valence-electron chi connectivity index (χ3n) is 3.96. The van der Waals surface area contributed by atoms with Crippen LogP contribution in [-0.2, 0) is 11.3 Å². The number of halogens is 1. The van der Waals surface area contributed by atoms with Crippen molar-refractivity contribution in [3.05, 3.63) is 69.1 Å². The minimum absolute atomic E-state index is 0.117. The predicted octanol–water partition coefficient (Wildman–Crippen LogP) is 4.36. The molecule has 0 aliphatic carbocycles. The van der Waals surface area contributed by atoms with E-state index in [1.165, 1.54) is 11.3 Å². The number of carbonyl (C=O) groups excluding carboxylic acids is 1. The fourth-order valence-electron chi connectivity index (χ4n) is 2.48. The number of ether oxygens (including phenoxy) is 2. The van der Waals surface area contributed by atoms with Crippen LogP contribution < -0.4 is 20.2 Å². The van der Waals surface area contributed by atoms with Crippen molar-refractivity contribution >= 4 is 44.5 Å². The van der Waals surface area contributed by atoms with Gasteiger partial charge in [-0.1, -0.05) is 30.3 Å². The van der Waals surface area contributed by atoms with E-state index in [1.54, 1.807) is 25.5 Å². The van der Waals surface area contributed by atoms with Crippen LogP contribution in [0.1, 0.15) is 16.8 Å². The van der Waals surface area contributed by atoms with Gasteiger partial charge >= 0.3 is 0 Å². The van der Waals surface area contributed by atoms with E-state index in [9.17, 15) is 4.79 Å². The standard InChI is InChI=1S/C21H21BrN4O3S/c1-14-13-30-21(25-14)26-24-11-16-8-18(28-2)19(9-17(16)22)29-12-20(27)23-10-15-6-4-3-5-7-15/h3-9,11,13H,10,12H2,1-2H3,(H,23,27)(H,25,26). The van der Waals surface area contributed by atoms with Gasteiger partial charge in [0.15, 0.2) is 18.1 Å². The van der Waals surface area contributed by atoms with Crippen LogP contribution in [-0.4, -0.2) is 30.8 Å². The van der Waals surface area contributed by atoms with Gasteiger partial charge in [-0.25, -0.2) is 4.98 Å². The zero-order chi connectivity index (χ0) is 21.3. The molecule has 3 aromatic rings. The van der Waals surface area contributed by atoms with Crippen LogP contribution in [0.4, 0.5) is 5.13 Å². The molecule has 3 rings (SSSR count). The Kier molecular flexibility index (Phi) is 7.81. The summed E-state index contributed by atoms with van der Waals surface area (Å²) in [6.45, 7) is 2.26. The lowest BCUT2D eigenvalue weighted by molar-refractivity contribution is -0.123. The van der Waals surface area contributed by atoms with Crippen LogP contribution in [0.25, 0.3) is 0 Å². The van der Waals surface area contributed by atoms with E-state index in [4.69, 9.17) is 9.47 Å². The maximum absolute atomic E-state index is 12.1. The fraction of sp³-hybridized carbons (Fsp3) is 0.190. The second kappa shape index (κ2) is 10.7. The van der Waals surface area contributed by atoms with Crippen molar-refractivity contribution in [1.82, 2.24) is 10.3 Å². The highest BCUT2D eigenvalue weighted by Gasteiger charge is 2.11. The number of methoxy groups -OCH3 is 1. The highest BCUT2D eigenvalue weighted by Crippen LogP contribution is 2.33. The first kappa shape index (κ1) is 21.8. The summed E-state index contributed by atoms with van der Waals surface area (Å²) in [6.07, 6.45) is 1.65. The van der Waals surface area contributed by atoms with Gasteiger partial charge in [0.1, 0.15) is 0 Å². The molecule has 30 heavy (non-hydrogen) atoms. The van der Waals surface area contributed by atoms with Gasteiger partial charge in [0.2, 0.25) is 5.13 Å². The lowest BCUT2D eigenvalue weighted by atomic mass is 10.2. The van der Waals surface area contributed by atoms with Crippen LogP contribution in [0.15, 0.2) is 57.4 Å². The Labute approximate surface area is 187 Å². The zero-order valence-electron chi connectivity index (χ0n) is 16.5. The summed E-state index contributed by atoms with van der Waals surface area (Å²) in [6, 6.07) is 13.2. The van der Waals surface area contributed by atoms with Gasteiger partial charge in [-0.3, -0.25) is 10.2 Å². The van der Waals surface area contributed by atoms with E-state index >= 15 is 0 Å². The zero-order valence-corrected chi connectivity index (χ0v) is 18.9. The van der Waals surface area contributed by atoms with E-state index in [-0.39, 0.29) is 12.5 Å². The summed E-state index contributed by atoms with van der Waals surface area (Å²) in [4.78, 5) is 16.4. The highest BCUT2D eigenvalue weighted by molar-refractivity contribution is 9.10. The molecule has 0 radical (unpaired) electrons. The molecule has 156 valence electrons. The summed E-state index contributed by atoms with van der Waals surface area (Å²) in [5, 5.41) is 9.69. The Hall–Kier alpha value is -2.91. The first-order valence-electron chi connectivity index (χ1n) is 9.07. The molecular weight excluding hydrogens is 468 g/mol. The van der Waals surface area contributed by atoms with Gasteiger partial charge in [0.05, 0.1) is 19.0 Å². The van der Waals surface area contributed by atoms with Crippen molar-refractivity contribution in [3.63, 3.8) is 0 Å². The number of aromatic nitrogens is 1. The normalized spacial score (nSPS) is 10.8. The van der Waals surface area contributed by atoms with Crippen molar-refractivity contribution in [2.75, 3.05) is 19.1 Å². The van der Waals surface area contributed by atoms with Crippen molar-refractivity contribution in [3.8, 4) is 11.5 Å². The molecule has 0 aliphatic rings. The fourth-order valence-corrected chi connectivity index (χ4v) is 3.54. The average molecular weight is 489 g/mol. The Balaban J connectivity index is 1.58. The van der Waals surface area contributed by atoms with Crippen LogP contribution in [0, 0.1) is 6.92 Å². The number of carbonyl (C=O) groups is 1. The van der Waals surface area contributed by atoms with E-state index in [1.807, 2.05) is 42.6 Å². The summed E-state index contributed by atoms with van der Waals surface area (Å²) in [5.74, 6) is 0.742. The Morgan fingerprint density at radius 1 is 1.27 bits per heavy atom. The molecule has 0 atom stereocenters. The molecule has 1 aromatic heterocycles. The monoisotopic (exact) mass is 488 g/mol. The molecule has 2 N–H and O–H groups in total. The molecule has 0 saturated heterocycles. The molecule has 0 unspecified atom stereocenters. The Bertz CT molecular complexity index is 1020. The maximum atomic E-state index is 12.1. The number of thiazole rings is 1. The van der Waals surface area contributed by atoms with Gasteiger partial charge in [0.25, 0.3) is 5.91 Å². The molecule has 0 saturated carbocycles. The number of rotatable bonds is 9. The van der Waals surface area contributed by atoms with Gasteiger partial charge in [-0.15, -0.1) is 11.3 Å². The Morgan fingerprint density at radius 2 is 2.07 bits per heavy atom. The number of hydrogen-bond donors (Lipinski definition) is 2. The van der Waals surface area contributed by atoms with Gasteiger partial charge in [-0.05, 0) is 40.5 Å². The molecule has 0 fully saturated rings. The largest absolute Gasteiger partial charge is 0.493 e. The second-order valence-electron chi connectivity index (χ2n) is 6.24. The second-order valence-corrected chi connectivity index (χ2v) is 7.95. The lowest BCUT2D eigenvalue weighted by Crippen LogP contribution is -2.28. The minimum atomic E-state index is -0.217. The van der Waals surface area contributed by atoms with Gasteiger partial charge in [-0.2, -0.15) is 5.10 Å².